The Kier molecular flexibility index (Phi) is 7.52. The van der Waals surface area contributed by atoms with E-state index in [9.17, 15) is 25.4 Å². The minimum absolute atomic E-state index is 0.0379. The SMILES string of the molecule is C[C@H]1C(O)C[C@H](CNC(=O)/C(C#N)=C/c2ccc3cc(N4CCCCC4)ccc3c2)[C@@H](O)[C@@H]1O. The van der Waals surface area contributed by atoms with E-state index in [1.165, 1.54) is 24.9 Å². The lowest BCUT2D eigenvalue weighted by molar-refractivity contribution is -0.124. The van der Waals surface area contributed by atoms with Crippen molar-refractivity contribution < 1.29 is 20.1 Å². The molecule has 2 aliphatic rings. The summed E-state index contributed by atoms with van der Waals surface area (Å²) in [4.78, 5) is 15.0. The van der Waals surface area contributed by atoms with Crippen molar-refractivity contribution in [1.82, 2.24) is 5.32 Å². The van der Waals surface area contributed by atoms with E-state index < -0.39 is 36.1 Å². The van der Waals surface area contributed by atoms with E-state index in [0.29, 0.717) is 0 Å². The summed E-state index contributed by atoms with van der Waals surface area (Å²) in [5.41, 5.74) is 1.94. The molecule has 7 heteroatoms. The number of benzene rings is 2. The van der Waals surface area contributed by atoms with Crippen LogP contribution in [0.4, 0.5) is 5.69 Å². The molecule has 0 radical (unpaired) electrons. The summed E-state index contributed by atoms with van der Waals surface area (Å²) >= 11 is 0. The van der Waals surface area contributed by atoms with E-state index in [-0.39, 0.29) is 18.5 Å². The first-order valence-electron chi connectivity index (χ1n) is 12.1. The molecule has 4 rings (SSSR count). The van der Waals surface area contributed by atoms with Crippen LogP contribution in [-0.2, 0) is 4.79 Å². The standard InChI is InChI=1S/C27H33N3O4/c1-17-24(31)14-22(26(33)25(17)32)16-29-27(34)21(15-28)12-18-5-6-20-13-23(8-7-19(20)11-18)30-9-3-2-4-10-30/h5-8,11-13,17,22,24-26,31-33H,2-4,9-10,14,16H2,1H3,(H,29,34)/b21-12+/t17-,22+,24?,25+,26+/m0/s1. The number of rotatable bonds is 5. The van der Waals surface area contributed by atoms with Gasteiger partial charge in [0, 0.05) is 37.2 Å². The Morgan fingerprint density at radius 2 is 1.79 bits per heavy atom. The number of hydrogen-bond donors (Lipinski definition) is 4. The van der Waals surface area contributed by atoms with Crippen molar-refractivity contribution in [3.8, 4) is 6.07 Å². The van der Waals surface area contributed by atoms with E-state index in [4.69, 9.17) is 0 Å². The zero-order chi connectivity index (χ0) is 24.2. The Morgan fingerprint density at radius 1 is 1.09 bits per heavy atom. The van der Waals surface area contributed by atoms with Gasteiger partial charge in [0.15, 0.2) is 0 Å². The number of hydrogen-bond acceptors (Lipinski definition) is 6. The molecule has 2 aromatic carbocycles. The molecule has 1 heterocycles. The van der Waals surface area contributed by atoms with E-state index in [0.717, 1.165) is 29.4 Å². The third kappa shape index (κ3) is 5.25. The third-order valence-electron chi connectivity index (χ3n) is 7.29. The minimum Gasteiger partial charge on any atom is -0.393 e. The number of amides is 1. The number of nitrogens with zero attached hydrogens (tertiary/aromatic N) is 2. The number of carbonyl (C=O) groups excluding carboxylic acids is 1. The summed E-state index contributed by atoms with van der Waals surface area (Å²) in [6.45, 7) is 3.92. The van der Waals surface area contributed by atoms with Crippen molar-refractivity contribution in [3.63, 3.8) is 0 Å². The highest BCUT2D eigenvalue weighted by atomic mass is 16.3. The summed E-state index contributed by atoms with van der Waals surface area (Å²) in [6.07, 6.45) is 2.72. The molecule has 7 nitrogen and oxygen atoms in total. The molecule has 1 aliphatic heterocycles. The normalized spacial score (nSPS) is 27.9. The molecule has 2 aromatic rings. The number of aliphatic hydroxyl groups is 3. The molecule has 5 atom stereocenters. The molecule has 4 N–H and O–H groups in total. The molecular formula is C27H33N3O4. The van der Waals surface area contributed by atoms with Gasteiger partial charge < -0.3 is 25.5 Å². The minimum atomic E-state index is -1.05. The molecular weight excluding hydrogens is 430 g/mol. The van der Waals surface area contributed by atoms with Crippen molar-refractivity contribution in [3.05, 3.63) is 47.5 Å². The van der Waals surface area contributed by atoms with Gasteiger partial charge in [-0.2, -0.15) is 5.26 Å². The fourth-order valence-corrected chi connectivity index (χ4v) is 5.01. The number of aliphatic hydroxyl groups excluding tert-OH is 3. The van der Waals surface area contributed by atoms with E-state index >= 15 is 0 Å². The zero-order valence-electron chi connectivity index (χ0n) is 19.5. The molecule has 180 valence electrons. The summed E-state index contributed by atoms with van der Waals surface area (Å²) in [5, 5.41) is 44.8. The summed E-state index contributed by atoms with van der Waals surface area (Å²) in [6, 6.07) is 14.2. The van der Waals surface area contributed by atoms with Gasteiger partial charge in [-0.1, -0.05) is 25.1 Å². The number of carbonyl (C=O) groups is 1. The van der Waals surface area contributed by atoms with Gasteiger partial charge in [-0.3, -0.25) is 4.79 Å². The maximum atomic E-state index is 12.6. The highest BCUT2D eigenvalue weighted by Crippen LogP contribution is 2.30. The molecule has 1 saturated carbocycles. The highest BCUT2D eigenvalue weighted by Gasteiger charge is 2.40. The fraction of sp³-hybridized carbons (Fsp3) is 0.481. The fourth-order valence-electron chi connectivity index (χ4n) is 5.01. The molecule has 0 aromatic heterocycles. The van der Waals surface area contributed by atoms with Crippen molar-refractivity contribution in [1.29, 1.82) is 5.26 Å². The van der Waals surface area contributed by atoms with E-state index in [2.05, 4.69) is 28.4 Å². The van der Waals surface area contributed by atoms with Crippen LogP contribution in [0.1, 0.15) is 38.2 Å². The Morgan fingerprint density at radius 3 is 2.53 bits per heavy atom. The third-order valence-corrected chi connectivity index (χ3v) is 7.29. The van der Waals surface area contributed by atoms with Gasteiger partial charge in [0.05, 0.1) is 18.3 Å². The van der Waals surface area contributed by atoms with Gasteiger partial charge >= 0.3 is 0 Å². The largest absolute Gasteiger partial charge is 0.393 e. The van der Waals surface area contributed by atoms with E-state index in [1.54, 1.807) is 13.0 Å². The average molecular weight is 464 g/mol. The predicted octanol–water partition coefficient (Wildman–Crippen LogP) is 2.59. The highest BCUT2D eigenvalue weighted by molar-refractivity contribution is 6.02. The molecule has 1 saturated heterocycles. The maximum Gasteiger partial charge on any atom is 0.261 e. The van der Waals surface area contributed by atoms with Crippen LogP contribution in [0.25, 0.3) is 16.8 Å². The Balaban J connectivity index is 1.44. The number of anilines is 1. The van der Waals surface area contributed by atoms with Gasteiger partial charge in [-0.05, 0) is 66.3 Å². The Hall–Kier alpha value is -2.92. The Bertz CT molecular complexity index is 1100. The molecule has 0 bridgehead atoms. The lowest BCUT2D eigenvalue weighted by Gasteiger charge is -2.39. The first kappa shape index (κ1) is 24.2. The summed E-state index contributed by atoms with van der Waals surface area (Å²) in [5.74, 6) is -1.46. The van der Waals surface area contributed by atoms with Crippen LogP contribution in [0.15, 0.2) is 42.0 Å². The lowest BCUT2D eigenvalue weighted by Crippen LogP contribution is -2.52. The molecule has 1 unspecified atom stereocenters. The van der Waals surface area contributed by atoms with Crippen LogP contribution in [0.5, 0.6) is 0 Å². The second-order valence-electron chi connectivity index (χ2n) is 9.62. The summed E-state index contributed by atoms with van der Waals surface area (Å²) in [7, 11) is 0. The van der Waals surface area contributed by atoms with Gasteiger partial charge in [-0.25, -0.2) is 0 Å². The smallest absolute Gasteiger partial charge is 0.261 e. The zero-order valence-corrected chi connectivity index (χ0v) is 19.5. The number of piperidine rings is 1. The van der Waals surface area contributed by atoms with Crippen molar-refractivity contribution >= 4 is 28.4 Å². The van der Waals surface area contributed by atoms with Crippen LogP contribution < -0.4 is 10.2 Å². The first-order chi connectivity index (χ1) is 16.4. The topological polar surface area (TPSA) is 117 Å². The van der Waals surface area contributed by atoms with Crippen molar-refractivity contribution in [2.75, 3.05) is 24.5 Å². The van der Waals surface area contributed by atoms with Crippen LogP contribution in [-0.4, -0.2) is 59.2 Å². The van der Waals surface area contributed by atoms with Gasteiger partial charge in [0.2, 0.25) is 0 Å². The average Bonchev–Trinajstić information content (AvgIpc) is 2.87. The first-order valence-corrected chi connectivity index (χ1v) is 12.1. The molecule has 2 fully saturated rings. The van der Waals surface area contributed by atoms with Gasteiger partial charge in [0.25, 0.3) is 5.91 Å². The molecule has 1 aliphatic carbocycles. The van der Waals surface area contributed by atoms with Crippen LogP contribution in [0.2, 0.25) is 0 Å². The monoisotopic (exact) mass is 463 g/mol. The second-order valence-corrected chi connectivity index (χ2v) is 9.62. The quantitative estimate of drug-likeness (QED) is 0.400. The molecule has 0 spiro atoms. The van der Waals surface area contributed by atoms with E-state index in [1.807, 2.05) is 24.3 Å². The second kappa shape index (κ2) is 10.6. The van der Waals surface area contributed by atoms with Crippen molar-refractivity contribution in [2.24, 2.45) is 11.8 Å². The number of nitrogens with one attached hydrogen (secondary N) is 1. The molecule has 34 heavy (non-hydrogen) atoms. The van der Waals surface area contributed by atoms with Gasteiger partial charge in [0.1, 0.15) is 11.6 Å². The molecule has 1 amide bonds. The van der Waals surface area contributed by atoms with Crippen LogP contribution in [0.3, 0.4) is 0 Å². The maximum absolute atomic E-state index is 12.6. The predicted molar refractivity (Wildman–Crippen MR) is 132 cm³/mol. The lowest BCUT2D eigenvalue weighted by atomic mass is 9.76. The van der Waals surface area contributed by atoms with Gasteiger partial charge in [-0.15, -0.1) is 0 Å². The summed E-state index contributed by atoms with van der Waals surface area (Å²) < 4.78 is 0. The number of fused-ring (bicyclic) bond motifs is 1. The van der Waals surface area contributed by atoms with Crippen molar-refractivity contribution in [2.45, 2.75) is 50.9 Å². The van der Waals surface area contributed by atoms with Crippen LogP contribution in [0, 0.1) is 23.2 Å². The Labute approximate surface area is 200 Å². The number of nitriles is 1. The van der Waals surface area contributed by atoms with Crippen LogP contribution >= 0.6 is 0 Å².